The number of nitrogens with zero attached hydrogens (tertiary/aromatic N) is 4. The number of piperazine rings is 1. The molecule has 0 bridgehead atoms. The zero-order chi connectivity index (χ0) is 17.6. The van der Waals surface area contributed by atoms with Crippen LogP contribution in [0.3, 0.4) is 0 Å². The molecule has 25 heavy (non-hydrogen) atoms. The quantitative estimate of drug-likeness (QED) is 0.821. The number of hydrogen-bond donors (Lipinski definition) is 1. The molecule has 1 aromatic heterocycles. The van der Waals surface area contributed by atoms with Gasteiger partial charge in [-0.25, -0.2) is 4.98 Å². The van der Waals surface area contributed by atoms with Crippen molar-refractivity contribution in [3.05, 3.63) is 47.0 Å². The Bertz CT molecular complexity index is 646. The highest BCUT2D eigenvalue weighted by atomic mass is 32.1. The number of anilines is 1. The Hall–Kier alpha value is -1.47. The van der Waals surface area contributed by atoms with Crippen LogP contribution >= 0.6 is 11.3 Å². The first kappa shape index (κ1) is 18.3. The van der Waals surface area contributed by atoms with Gasteiger partial charge in [0, 0.05) is 70.5 Å². The standard InChI is InChI=1S/C19H28N4OS/c1-21(2)19-20-12-18(25-19)15-22-9-10-23(17(14-22)8-11-24)13-16-6-4-3-5-7-16/h3-7,12,17,24H,8-11,13-15H2,1-2H3/t17-/m0/s1. The molecule has 1 fully saturated rings. The fraction of sp³-hybridized carbons (Fsp3) is 0.526. The maximum Gasteiger partial charge on any atom is 0.185 e. The van der Waals surface area contributed by atoms with Crippen molar-refractivity contribution in [2.24, 2.45) is 0 Å². The van der Waals surface area contributed by atoms with Gasteiger partial charge >= 0.3 is 0 Å². The first-order valence-electron chi connectivity index (χ1n) is 8.89. The third kappa shape index (κ3) is 5.01. The van der Waals surface area contributed by atoms with Gasteiger partial charge in [0.05, 0.1) is 0 Å². The van der Waals surface area contributed by atoms with Crippen molar-refractivity contribution in [1.82, 2.24) is 14.8 Å². The molecule has 1 saturated heterocycles. The van der Waals surface area contributed by atoms with E-state index in [-0.39, 0.29) is 6.61 Å². The molecule has 5 nitrogen and oxygen atoms in total. The van der Waals surface area contributed by atoms with E-state index in [1.54, 1.807) is 11.3 Å². The maximum absolute atomic E-state index is 9.48. The number of aliphatic hydroxyl groups is 1. The Morgan fingerprint density at radius 1 is 1.20 bits per heavy atom. The summed E-state index contributed by atoms with van der Waals surface area (Å²) in [6.07, 6.45) is 2.83. The normalized spacial score (nSPS) is 19.2. The van der Waals surface area contributed by atoms with Crippen LogP contribution in [0.1, 0.15) is 16.9 Å². The zero-order valence-corrected chi connectivity index (χ0v) is 16.0. The predicted octanol–water partition coefficient (Wildman–Crippen LogP) is 2.28. The molecular formula is C19H28N4OS. The van der Waals surface area contributed by atoms with E-state index in [2.05, 4.69) is 50.0 Å². The minimum Gasteiger partial charge on any atom is -0.396 e. The van der Waals surface area contributed by atoms with Crippen LogP contribution in [0.25, 0.3) is 0 Å². The highest BCUT2D eigenvalue weighted by molar-refractivity contribution is 7.15. The summed E-state index contributed by atoms with van der Waals surface area (Å²) < 4.78 is 0. The second-order valence-corrected chi connectivity index (χ2v) is 7.95. The molecule has 6 heteroatoms. The van der Waals surface area contributed by atoms with Crippen LogP contribution in [0, 0.1) is 0 Å². The Kier molecular flexibility index (Phi) is 6.42. The average Bonchev–Trinajstić information content (AvgIpc) is 3.07. The summed E-state index contributed by atoms with van der Waals surface area (Å²) in [4.78, 5) is 12.8. The van der Waals surface area contributed by atoms with Gasteiger partial charge in [0.15, 0.2) is 5.13 Å². The van der Waals surface area contributed by atoms with E-state index in [0.29, 0.717) is 6.04 Å². The highest BCUT2D eigenvalue weighted by Crippen LogP contribution is 2.24. The second-order valence-electron chi connectivity index (χ2n) is 6.86. The average molecular weight is 361 g/mol. The number of benzene rings is 1. The van der Waals surface area contributed by atoms with Gasteiger partial charge in [-0.2, -0.15) is 0 Å². The molecule has 0 amide bonds. The predicted molar refractivity (Wildman–Crippen MR) is 104 cm³/mol. The van der Waals surface area contributed by atoms with Gasteiger partial charge in [-0.1, -0.05) is 30.3 Å². The molecule has 136 valence electrons. The minimum absolute atomic E-state index is 0.245. The van der Waals surface area contributed by atoms with E-state index in [0.717, 1.165) is 44.3 Å². The van der Waals surface area contributed by atoms with E-state index in [1.807, 2.05) is 20.3 Å². The van der Waals surface area contributed by atoms with E-state index >= 15 is 0 Å². The summed E-state index contributed by atoms with van der Waals surface area (Å²) in [6.45, 7) is 5.26. The van der Waals surface area contributed by atoms with Crippen molar-refractivity contribution < 1.29 is 5.11 Å². The lowest BCUT2D eigenvalue weighted by atomic mass is 10.1. The van der Waals surface area contributed by atoms with Crippen molar-refractivity contribution in [2.75, 3.05) is 45.2 Å². The molecule has 2 aromatic rings. The molecule has 0 saturated carbocycles. The monoisotopic (exact) mass is 360 g/mol. The summed E-state index contributed by atoms with van der Waals surface area (Å²) in [6, 6.07) is 11.0. The van der Waals surface area contributed by atoms with Crippen LogP contribution in [-0.2, 0) is 13.1 Å². The molecule has 0 spiro atoms. The van der Waals surface area contributed by atoms with E-state index in [9.17, 15) is 5.11 Å². The smallest absolute Gasteiger partial charge is 0.185 e. The Labute approximate surface area is 154 Å². The third-order valence-corrected chi connectivity index (χ3v) is 5.83. The number of aliphatic hydroxyl groups excluding tert-OH is 1. The lowest BCUT2D eigenvalue weighted by Crippen LogP contribution is -2.52. The topological polar surface area (TPSA) is 42.8 Å². The van der Waals surface area contributed by atoms with Gasteiger partial charge in [-0.15, -0.1) is 11.3 Å². The molecule has 1 aromatic carbocycles. The molecule has 0 unspecified atom stereocenters. The van der Waals surface area contributed by atoms with E-state index < -0.39 is 0 Å². The number of rotatable bonds is 7. The fourth-order valence-electron chi connectivity index (χ4n) is 3.35. The molecular weight excluding hydrogens is 332 g/mol. The minimum atomic E-state index is 0.245. The molecule has 1 aliphatic heterocycles. The van der Waals surface area contributed by atoms with Gasteiger partial charge in [0.1, 0.15) is 0 Å². The molecule has 3 rings (SSSR count). The summed E-state index contributed by atoms with van der Waals surface area (Å²) in [5.74, 6) is 0. The Morgan fingerprint density at radius 3 is 2.68 bits per heavy atom. The lowest BCUT2D eigenvalue weighted by molar-refractivity contribution is 0.0504. The van der Waals surface area contributed by atoms with Crippen LogP contribution in [0.2, 0.25) is 0 Å². The zero-order valence-electron chi connectivity index (χ0n) is 15.1. The van der Waals surface area contributed by atoms with Crippen LogP contribution < -0.4 is 4.90 Å². The van der Waals surface area contributed by atoms with Crippen LogP contribution in [0.4, 0.5) is 5.13 Å². The maximum atomic E-state index is 9.48. The third-order valence-electron chi connectivity index (χ3n) is 4.68. The van der Waals surface area contributed by atoms with Crippen molar-refractivity contribution in [3.8, 4) is 0 Å². The van der Waals surface area contributed by atoms with Crippen molar-refractivity contribution in [3.63, 3.8) is 0 Å². The van der Waals surface area contributed by atoms with Crippen LogP contribution in [-0.4, -0.2) is 66.3 Å². The fourth-order valence-corrected chi connectivity index (χ4v) is 4.22. The van der Waals surface area contributed by atoms with Crippen molar-refractivity contribution >= 4 is 16.5 Å². The molecule has 1 aliphatic rings. The number of thiazole rings is 1. The second kappa shape index (κ2) is 8.76. The highest BCUT2D eigenvalue weighted by Gasteiger charge is 2.27. The van der Waals surface area contributed by atoms with Gasteiger partial charge in [0.2, 0.25) is 0 Å². The van der Waals surface area contributed by atoms with Gasteiger partial charge in [-0.3, -0.25) is 9.80 Å². The molecule has 0 radical (unpaired) electrons. The van der Waals surface area contributed by atoms with Crippen molar-refractivity contribution in [2.45, 2.75) is 25.6 Å². The first-order valence-corrected chi connectivity index (χ1v) is 9.70. The molecule has 2 heterocycles. The lowest BCUT2D eigenvalue weighted by Gasteiger charge is -2.41. The number of hydrogen-bond acceptors (Lipinski definition) is 6. The largest absolute Gasteiger partial charge is 0.396 e. The summed E-state index contributed by atoms with van der Waals surface area (Å²) in [5.41, 5.74) is 1.34. The summed E-state index contributed by atoms with van der Waals surface area (Å²) in [7, 11) is 4.06. The molecule has 1 atom stereocenters. The van der Waals surface area contributed by atoms with E-state index in [1.165, 1.54) is 10.4 Å². The Balaban J connectivity index is 1.60. The van der Waals surface area contributed by atoms with Gasteiger partial charge in [-0.05, 0) is 12.0 Å². The summed E-state index contributed by atoms with van der Waals surface area (Å²) >= 11 is 1.76. The van der Waals surface area contributed by atoms with Crippen molar-refractivity contribution in [1.29, 1.82) is 0 Å². The SMILES string of the molecule is CN(C)c1ncc(CN2CCN(Cc3ccccc3)[C@@H](CCO)C2)s1. The van der Waals surface area contributed by atoms with E-state index in [4.69, 9.17) is 0 Å². The molecule has 0 aliphatic carbocycles. The van der Waals surface area contributed by atoms with Crippen LogP contribution in [0.15, 0.2) is 36.5 Å². The van der Waals surface area contributed by atoms with Crippen LogP contribution in [0.5, 0.6) is 0 Å². The number of aromatic nitrogens is 1. The Morgan fingerprint density at radius 2 is 2.00 bits per heavy atom. The summed E-state index contributed by atoms with van der Waals surface area (Å²) in [5, 5.41) is 10.5. The first-order chi connectivity index (χ1) is 12.2. The van der Waals surface area contributed by atoms with Gasteiger partial charge in [0.25, 0.3) is 0 Å². The molecule has 1 N–H and O–H groups in total. The van der Waals surface area contributed by atoms with Gasteiger partial charge < -0.3 is 10.0 Å².